The van der Waals surface area contributed by atoms with Crippen molar-refractivity contribution < 1.29 is 42.8 Å². The van der Waals surface area contributed by atoms with E-state index < -0.39 is 30.1 Å². The number of methoxy groups -OCH3 is 1. The second kappa shape index (κ2) is 17.1. The van der Waals surface area contributed by atoms with Gasteiger partial charge < -0.3 is 20.0 Å². The Bertz CT molecular complexity index is 1680. The standard InChI is InChI=1S/C34H33N3O3.C2HF3O2/c1-40-34(39)30(22-26-11-8-14-29(21-26)33(35)36)31(20-17-24-9-4-2-5-10-24)37-32(38)23-25-15-18-28(19-16-25)27-12-6-3-7-13-27;3-2(4,5)1(6)7/h2-21,30-31H,22-23H2,1H3,(H3,35,36)(H,37,38);(H,6,7)/b20-17+;/t30-,31-;/m1./s1. The number of nitrogens with two attached hydrogens (primary N) is 2. The largest absolute Gasteiger partial charge is 0.542 e. The van der Waals surface area contributed by atoms with Crippen LogP contribution in [0, 0.1) is 5.92 Å². The van der Waals surface area contributed by atoms with Crippen LogP contribution in [0.2, 0.25) is 0 Å². The zero-order chi connectivity index (χ0) is 34.4. The number of amides is 1. The number of carboxylic acid groups (broad SMARTS) is 1. The molecule has 4 rings (SSSR count). The molecule has 1 amide bonds. The maximum atomic E-state index is 13.3. The van der Waals surface area contributed by atoms with Crippen molar-refractivity contribution in [1.29, 1.82) is 0 Å². The molecule has 0 radical (unpaired) electrons. The van der Waals surface area contributed by atoms with E-state index in [0.717, 1.165) is 27.8 Å². The highest BCUT2D eigenvalue weighted by atomic mass is 19.4. The highest BCUT2D eigenvalue weighted by Gasteiger charge is 2.30. The van der Waals surface area contributed by atoms with Crippen LogP contribution in [0.3, 0.4) is 0 Å². The van der Waals surface area contributed by atoms with Crippen molar-refractivity contribution in [2.45, 2.75) is 25.1 Å². The van der Waals surface area contributed by atoms with E-state index >= 15 is 0 Å². The van der Waals surface area contributed by atoms with E-state index in [-0.39, 0.29) is 18.2 Å². The average molecular weight is 646 g/mol. The van der Waals surface area contributed by atoms with E-state index in [1.165, 1.54) is 7.11 Å². The van der Waals surface area contributed by atoms with Gasteiger partial charge in [-0.2, -0.15) is 13.2 Å². The van der Waals surface area contributed by atoms with Crippen LogP contribution < -0.4 is 21.6 Å². The normalized spacial score (nSPS) is 12.3. The number of esters is 1. The van der Waals surface area contributed by atoms with Gasteiger partial charge >= 0.3 is 12.1 Å². The van der Waals surface area contributed by atoms with Gasteiger partial charge in [0.25, 0.3) is 5.84 Å². The minimum Gasteiger partial charge on any atom is -0.542 e. The smallest absolute Gasteiger partial charge is 0.430 e. The topological polar surface area (TPSA) is 147 Å². The van der Waals surface area contributed by atoms with E-state index in [9.17, 15) is 22.8 Å². The Balaban J connectivity index is 0.000000771. The Labute approximate surface area is 270 Å². The van der Waals surface area contributed by atoms with Gasteiger partial charge in [0, 0.05) is 0 Å². The van der Waals surface area contributed by atoms with E-state index in [4.69, 9.17) is 25.8 Å². The van der Waals surface area contributed by atoms with Gasteiger partial charge in [-0.3, -0.25) is 20.7 Å². The maximum Gasteiger partial charge on any atom is 0.430 e. The molecule has 11 heteroatoms. The van der Waals surface area contributed by atoms with Gasteiger partial charge in [0.1, 0.15) is 5.97 Å². The van der Waals surface area contributed by atoms with Crippen molar-refractivity contribution in [3.05, 3.63) is 138 Å². The Morgan fingerprint density at radius 2 is 1.45 bits per heavy atom. The van der Waals surface area contributed by atoms with Gasteiger partial charge in [0.2, 0.25) is 5.91 Å². The Hall–Kier alpha value is -5.71. The van der Waals surface area contributed by atoms with E-state index in [0.29, 0.717) is 12.0 Å². The van der Waals surface area contributed by atoms with Crippen molar-refractivity contribution in [2.75, 3.05) is 7.11 Å². The molecule has 0 aliphatic rings. The monoisotopic (exact) mass is 645 g/mol. The third kappa shape index (κ3) is 11.6. The molecule has 8 nitrogen and oxygen atoms in total. The minimum atomic E-state index is -5.19. The second-order valence-corrected chi connectivity index (χ2v) is 10.4. The van der Waals surface area contributed by atoms with Gasteiger partial charge in [-0.15, -0.1) is 0 Å². The first kappa shape index (κ1) is 35.8. The highest BCUT2D eigenvalue weighted by molar-refractivity contribution is 5.92. The molecule has 0 aromatic heterocycles. The number of hydrogen-bond acceptors (Lipinski definition) is 5. The lowest BCUT2D eigenvalue weighted by Gasteiger charge is -2.24. The zero-order valence-corrected chi connectivity index (χ0v) is 25.4. The fraction of sp³-hybridized carbons (Fsp3) is 0.167. The molecular weight excluding hydrogens is 611 g/mol. The van der Waals surface area contributed by atoms with E-state index in [1.54, 1.807) is 0 Å². The van der Waals surface area contributed by atoms with Crippen LogP contribution in [-0.4, -0.2) is 43.0 Å². The predicted octanol–water partition coefficient (Wildman–Crippen LogP) is 2.89. The number of amidine groups is 1. The van der Waals surface area contributed by atoms with Crippen LogP contribution in [0.5, 0.6) is 0 Å². The molecule has 4 aromatic carbocycles. The summed E-state index contributed by atoms with van der Waals surface area (Å²) in [5, 5.41) is 17.6. The third-order valence-corrected chi connectivity index (χ3v) is 6.93. The average Bonchev–Trinajstić information content (AvgIpc) is 3.06. The summed E-state index contributed by atoms with van der Waals surface area (Å²) in [7, 11) is 1.35. The lowest BCUT2D eigenvalue weighted by atomic mass is 9.90. The van der Waals surface area contributed by atoms with Crippen LogP contribution in [-0.2, 0) is 32.0 Å². The summed E-state index contributed by atoms with van der Waals surface area (Å²) in [6.45, 7) is 0. The molecular formula is C36H34F3N3O5. The molecule has 0 fully saturated rings. The molecule has 47 heavy (non-hydrogen) atoms. The number of ether oxygens (including phenoxy) is 1. The number of alkyl halides is 3. The summed E-state index contributed by atoms with van der Waals surface area (Å²) in [6.07, 6.45) is -0.950. The molecule has 0 aliphatic heterocycles. The molecule has 0 unspecified atom stereocenters. The highest BCUT2D eigenvalue weighted by Crippen LogP contribution is 2.21. The quantitative estimate of drug-likeness (QED) is 0.130. The molecule has 0 saturated heterocycles. The molecule has 5 N–H and O–H groups in total. The first-order valence-corrected chi connectivity index (χ1v) is 14.4. The van der Waals surface area contributed by atoms with E-state index in [1.807, 2.05) is 121 Å². The number of rotatable bonds is 11. The maximum absolute atomic E-state index is 13.3. The van der Waals surface area contributed by atoms with Crippen LogP contribution in [0.25, 0.3) is 17.2 Å². The number of carbonyl (C=O) groups excluding carboxylic acids is 3. The summed E-state index contributed by atoms with van der Waals surface area (Å²) >= 11 is 0. The van der Waals surface area contributed by atoms with Gasteiger partial charge in [-0.25, -0.2) is 0 Å². The fourth-order valence-electron chi connectivity index (χ4n) is 4.57. The molecule has 0 heterocycles. The molecule has 0 aliphatic carbocycles. The predicted molar refractivity (Wildman–Crippen MR) is 170 cm³/mol. The third-order valence-electron chi connectivity index (χ3n) is 6.93. The Morgan fingerprint density at radius 3 is 2.00 bits per heavy atom. The van der Waals surface area contributed by atoms with Gasteiger partial charge in [-0.1, -0.05) is 109 Å². The van der Waals surface area contributed by atoms with Crippen LogP contribution in [0.1, 0.15) is 22.3 Å². The summed E-state index contributed by atoms with van der Waals surface area (Å²) in [4.78, 5) is 35.1. The summed E-state index contributed by atoms with van der Waals surface area (Å²) in [5.41, 5.74) is 11.3. The number of carbonyl (C=O) groups is 3. The Kier molecular flexibility index (Phi) is 13.0. The van der Waals surface area contributed by atoms with Crippen LogP contribution in [0.4, 0.5) is 13.2 Å². The first-order valence-electron chi connectivity index (χ1n) is 14.4. The van der Waals surface area contributed by atoms with Gasteiger partial charge in [-0.05, 0) is 46.4 Å². The number of nitrogens with one attached hydrogen (secondary N) is 1. The number of halogens is 3. The lowest BCUT2D eigenvalue weighted by molar-refractivity contribution is -0.344. The van der Waals surface area contributed by atoms with Crippen LogP contribution in [0.15, 0.2) is 115 Å². The number of aliphatic carboxylic acids is 1. The molecule has 244 valence electrons. The summed E-state index contributed by atoms with van der Waals surface area (Å²) < 4.78 is 36.7. The fourth-order valence-corrected chi connectivity index (χ4v) is 4.57. The van der Waals surface area contributed by atoms with Crippen molar-refractivity contribution in [1.82, 2.24) is 5.32 Å². The van der Waals surface area contributed by atoms with Crippen molar-refractivity contribution >= 4 is 29.8 Å². The molecule has 0 bridgehead atoms. The summed E-state index contributed by atoms with van der Waals surface area (Å²) in [5.74, 6) is -4.11. The lowest BCUT2D eigenvalue weighted by Crippen LogP contribution is -2.46. The van der Waals surface area contributed by atoms with Crippen LogP contribution >= 0.6 is 0 Å². The Morgan fingerprint density at radius 1 is 0.872 bits per heavy atom. The SMILES string of the molecule is COC(=O)[C@H](Cc1cccc(C(N)=[NH2+])c1)[C@@H](/C=C/c1ccccc1)NC(=O)Cc1ccc(-c2ccccc2)cc1.O=C([O-])C(F)(F)F. The number of carboxylic acids is 1. The van der Waals surface area contributed by atoms with Gasteiger partial charge in [0.15, 0.2) is 0 Å². The van der Waals surface area contributed by atoms with Crippen molar-refractivity contribution in [3.8, 4) is 11.1 Å². The number of benzene rings is 4. The van der Waals surface area contributed by atoms with Crippen molar-refractivity contribution in [3.63, 3.8) is 0 Å². The molecule has 2 atom stereocenters. The first-order chi connectivity index (χ1) is 22.4. The minimum absolute atomic E-state index is 0.173. The summed E-state index contributed by atoms with van der Waals surface area (Å²) in [6, 6.07) is 34.5. The second-order valence-electron chi connectivity index (χ2n) is 10.4. The number of hydrogen-bond donors (Lipinski definition) is 3. The molecule has 4 aromatic rings. The molecule has 0 spiro atoms. The van der Waals surface area contributed by atoms with E-state index in [2.05, 4.69) is 5.32 Å². The van der Waals surface area contributed by atoms with Gasteiger partial charge in [0.05, 0.1) is 31.1 Å². The zero-order valence-electron chi connectivity index (χ0n) is 25.4. The van der Waals surface area contributed by atoms with Crippen molar-refractivity contribution in [2.24, 2.45) is 11.7 Å². The molecule has 0 saturated carbocycles.